The molecule has 0 radical (unpaired) electrons. The third kappa shape index (κ3) is 2.63. The topological polar surface area (TPSA) is 35.5 Å². The van der Waals surface area contributed by atoms with Gasteiger partial charge in [-0.25, -0.2) is 4.79 Å². The molecule has 0 saturated heterocycles. The van der Waals surface area contributed by atoms with Gasteiger partial charge in [-0.05, 0) is 18.7 Å². The summed E-state index contributed by atoms with van der Waals surface area (Å²) in [6.07, 6.45) is 0. The SMILES string of the molecule is C=C(OC)OC(=O)c1ccccc1. The number of hydrogen-bond donors (Lipinski definition) is 0. The molecule has 0 fully saturated rings. The van der Waals surface area contributed by atoms with Crippen molar-refractivity contribution in [3.05, 3.63) is 48.4 Å². The number of hydrogen-bond acceptors (Lipinski definition) is 3. The fourth-order valence-corrected chi connectivity index (χ4v) is 0.778. The first kappa shape index (κ1) is 9.32. The van der Waals surface area contributed by atoms with E-state index in [2.05, 4.69) is 11.3 Å². The molecular weight excluding hydrogens is 168 g/mol. The molecule has 0 spiro atoms. The maximum absolute atomic E-state index is 11.3. The molecule has 0 N–H and O–H groups in total. The average Bonchev–Trinajstić information content (AvgIpc) is 2.19. The fourth-order valence-electron chi connectivity index (χ4n) is 0.778. The van der Waals surface area contributed by atoms with Crippen molar-refractivity contribution in [2.45, 2.75) is 0 Å². The standard InChI is InChI=1S/C10H10O3/c1-8(12-2)13-10(11)9-6-4-3-5-7-9/h3-7H,1H2,2H3. The normalized spacial score (nSPS) is 9.00. The van der Waals surface area contributed by atoms with Gasteiger partial charge in [0.2, 0.25) is 0 Å². The summed E-state index contributed by atoms with van der Waals surface area (Å²) in [5.74, 6) is -0.471. The molecule has 0 atom stereocenters. The van der Waals surface area contributed by atoms with Crippen LogP contribution in [-0.4, -0.2) is 13.1 Å². The first-order chi connectivity index (χ1) is 6.24. The Hall–Kier alpha value is -1.77. The maximum atomic E-state index is 11.3. The van der Waals surface area contributed by atoms with Crippen LogP contribution < -0.4 is 0 Å². The van der Waals surface area contributed by atoms with Crippen LogP contribution in [0.3, 0.4) is 0 Å². The van der Waals surface area contributed by atoms with Gasteiger partial charge in [0.05, 0.1) is 12.7 Å². The minimum atomic E-state index is -0.465. The van der Waals surface area contributed by atoms with Crippen LogP contribution in [0.25, 0.3) is 0 Å². The Morgan fingerprint density at radius 2 is 1.92 bits per heavy atom. The molecule has 0 amide bonds. The van der Waals surface area contributed by atoms with Crippen molar-refractivity contribution in [1.82, 2.24) is 0 Å². The first-order valence-electron chi connectivity index (χ1n) is 3.74. The largest absolute Gasteiger partial charge is 0.469 e. The van der Waals surface area contributed by atoms with Crippen molar-refractivity contribution in [2.75, 3.05) is 7.11 Å². The maximum Gasteiger partial charge on any atom is 0.345 e. The second-order valence-electron chi connectivity index (χ2n) is 2.33. The molecule has 0 saturated carbocycles. The first-order valence-corrected chi connectivity index (χ1v) is 3.74. The van der Waals surface area contributed by atoms with Gasteiger partial charge in [0.1, 0.15) is 0 Å². The van der Waals surface area contributed by atoms with E-state index in [1.54, 1.807) is 24.3 Å². The molecule has 0 aliphatic heterocycles. The van der Waals surface area contributed by atoms with Crippen LogP contribution in [0.15, 0.2) is 42.9 Å². The summed E-state index contributed by atoms with van der Waals surface area (Å²) in [5, 5.41) is 0. The molecule has 1 aromatic rings. The van der Waals surface area contributed by atoms with E-state index < -0.39 is 5.97 Å². The van der Waals surface area contributed by atoms with Gasteiger partial charge in [-0.2, -0.15) is 0 Å². The molecule has 0 aromatic heterocycles. The summed E-state index contributed by atoms with van der Waals surface area (Å²) in [6.45, 7) is 3.37. The van der Waals surface area contributed by atoms with Gasteiger partial charge in [0.15, 0.2) is 0 Å². The number of rotatable bonds is 3. The van der Waals surface area contributed by atoms with Crippen molar-refractivity contribution in [1.29, 1.82) is 0 Å². The number of esters is 1. The van der Waals surface area contributed by atoms with Gasteiger partial charge in [-0.15, -0.1) is 0 Å². The quantitative estimate of drug-likeness (QED) is 0.524. The van der Waals surface area contributed by atoms with Crippen molar-refractivity contribution in [3.8, 4) is 0 Å². The summed E-state index contributed by atoms with van der Waals surface area (Å²) >= 11 is 0. The summed E-state index contributed by atoms with van der Waals surface area (Å²) < 4.78 is 9.33. The zero-order valence-electron chi connectivity index (χ0n) is 7.32. The zero-order valence-corrected chi connectivity index (χ0v) is 7.32. The van der Waals surface area contributed by atoms with Crippen LogP contribution in [0.2, 0.25) is 0 Å². The number of carbonyl (C=O) groups excluding carboxylic acids is 1. The Balaban J connectivity index is 2.65. The fraction of sp³-hybridized carbons (Fsp3) is 0.100. The lowest BCUT2D eigenvalue weighted by Gasteiger charge is -2.04. The third-order valence-electron chi connectivity index (χ3n) is 1.44. The van der Waals surface area contributed by atoms with Crippen LogP contribution in [-0.2, 0) is 9.47 Å². The Kier molecular flexibility index (Phi) is 3.09. The van der Waals surface area contributed by atoms with Crippen molar-refractivity contribution in [2.24, 2.45) is 0 Å². The molecule has 13 heavy (non-hydrogen) atoms. The van der Waals surface area contributed by atoms with Crippen LogP contribution in [0.1, 0.15) is 10.4 Å². The van der Waals surface area contributed by atoms with E-state index in [1.807, 2.05) is 6.07 Å². The highest BCUT2D eigenvalue weighted by Crippen LogP contribution is 2.04. The van der Waals surface area contributed by atoms with E-state index in [0.29, 0.717) is 5.56 Å². The van der Waals surface area contributed by atoms with Gasteiger partial charge in [0.25, 0.3) is 5.95 Å². The number of carbonyl (C=O) groups is 1. The molecule has 3 heteroatoms. The van der Waals surface area contributed by atoms with Crippen LogP contribution >= 0.6 is 0 Å². The summed E-state index contributed by atoms with van der Waals surface area (Å²) in [6, 6.07) is 8.65. The van der Waals surface area contributed by atoms with E-state index in [1.165, 1.54) is 7.11 Å². The third-order valence-corrected chi connectivity index (χ3v) is 1.44. The number of ether oxygens (including phenoxy) is 2. The molecule has 68 valence electrons. The van der Waals surface area contributed by atoms with Gasteiger partial charge in [-0.1, -0.05) is 18.2 Å². The van der Waals surface area contributed by atoms with E-state index in [0.717, 1.165) is 0 Å². The predicted molar refractivity (Wildman–Crippen MR) is 48.0 cm³/mol. The minimum Gasteiger partial charge on any atom is -0.469 e. The number of benzene rings is 1. The van der Waals surface area contributed by atoms with Gasteiger partial charge < -0.3 is 9.47 Å². The van der Waals surface area contributed by atoms with E-state index in [9.17, 15) is 4.79 Å². The van der Waals surface area contributed by atoms with Crippen molar-refractivity contribution >= 4 is 5.97 Å². The van der Waals surface area contributed by atoms with Crippen molar-refractivity contribution < 1.29 is 14.3 Å². The van der Waals surface area contributed by atoms with Gasteiger partial charge in [-0.3, -0.25) is 0 Å². The van der Waals surface area contributed by atoms with Gasteiger partial charge >= 0.3 is 5.97 Å². The lowest BCUT2D eigenvalue weighted by molar-refractivity contribution is 0.0369. The molecule has 0 unspecified atom stereocenters. The smallest absolute Gasteiger partial charge is 0.345 e. The van der Waals surface area contributed by atoms with Gasteiger partial charge in [0, 0.05) is 0 Å². The summed E-state index contributed by atoms with van der Waals surface area (Å²) in [5.41, 5.74) is 0.473. The summed E-state index contributed by atoms with van der Waals surface area (Å²) in [7, 11) is 1.39. The highest BCUT2D eigenvalue weighted by Gasteiger charge is 2.07. The molecule has 1 rings (SSSR count). The van der Waals surface area contributed by atoms with Crippen molar-refractivity contribution in [3.63, 3.8) is 0 Å². The monoisotopic (exact) mass is 178 g/mol. The molecule has 0 aliphatic rings. The second-order valence-corrected chi connectivity index (χ2v) is 2.33. The second kappa shape index (κ2) is 4.30. The zero-order chi connectivity index (χ0) is 9.68. The number of methoxy groups -OCH3 is 1. The Morgan fingerprint density at radius 1 is 1.31 bits per heavy atom. The Bertz CT molecular complexity index is 303. The average molecular weight is 178 g/mol. The molecule has 0 aliphatic carbocycles. The Morgan fingerprint density at radius 3 is 2.46 bits per heavy atom. The van der Waals surface area contributed by atoms with Crippen LogP contribution in [0, 0.1) is 0 Å². The lowest BCUT2D eigenvalue weighted by atomic mass is 10.2. The molecule has 3 nitrogen and oxygen atoms in total. The van der Waals surface area contributed by atoms with Crippen LogP contribution in [0.4, 0.5) is 0 Å². The highest BCUT2D eigenvalue weighted by atomic mass is 16.7. The highest BCUT2D eigenvalue weighted by molar-refractivity contribution is 5.89. The summed E-state index contributed by atoms with van der Waals surface area (Å²) in [4.78, 5) is 11.3. The molecule has 0 bridgehead atoms. The van der Waals surface area contributed by atoms with Crippen LogP contribution in [0.5, 0.6) is 0 Å². The predicted octanol–water partition coefficient (Wildman–Crippen LogP) is 1.96. The molecule has 1 aromatic carbocycles. The Labute approximate surface area is 76.6 Å². The minimum absolute atomic E-state index is 0.00569. The molecule has 0 heterocycles. The lowest BCUT2D eigenvalue weighted by Crippen LogP contribution is -2.04. The molecular formula is C10H10O3. The van der Waals surface area contributed by atoms with E-state index in [4.69, 9.17) is 4.74 Å². The van der Waals surface area contributed by atoms with E-state index >= 15 is 0 Å². The van der Waals surface area contributed by atoms with E-state index in [-0.39, 0.29) is 5.95 Å².